The van der Waals surface area contributed by atoms with E-state index in [0.717, 1.165) is 12.8 Å². The molecule has 21 heavy (non-hydrogen) atoms. The molecule has 2 bridgehead atoms. The molecule has 0 spiro atoms. The van der Waals surface area contributed by atoms with Gasteiger partial charge in [0.15, 0.2) is 0 Å². The van der Waals surface area contributed by atoms with Crippen molar-refractivity contribution >= 4 is 5.91 Å². The van der Waals surface area contributed by atoms with Crippen LogP contribution in [0.1, 0.15) is 36.0 Å². The fraction of sp³-hybridized carbons (Fsp3) is 0.562. The van der Waals surface area contributed by atoms with Crippen LogP contribution < -0.4 is 10.1 Å². The van der Waals surface area contributed by atoms with Gasteiger partial charge in [-0.3, -0.25) is 4.79 Å². The monoisotopic (exact) mass is 292 g/mol. The zero-order chi connectivity index (χ0) is 15.0. The van der Waals surface area contributed by atoms with Gasteiger partial charge in [-0.1, -0.05) is 0 Å². The van der Waals surface area contributed by atoms with E-state index in [0.29, 0.717) is 23.4 Å². The van der Waals surface area contributed by atoms with E-state index < -0.39 is 5.82 Å². The summed E-state index contributed by atoms with van der Waals surface area (Å²) in [6, 6.07) is 5.30. The molecule has 2 unspecified atom stereocenters. The maximum atomic E-state index is 13.4. The molecule has 3 rings (SSSR count). The molecule has 114 valence electrons. The Hall–Kier alpha value is -1.62. The summed E-state index contributed by atoms with van der Waals surface area (Å²) in [5.41, 5.74) is 0.297. The second kappa shape index (κ2) is 5.64. The van der Waals surface area contributed by atoms with Gasteiger partial charge in [0.1, 0.15) is 11.6 Å². The number of hydrogen-bond acceptors (Lipinski definition) is 3. The molecule has 0 aliphatic carbocycles. The number of amides is 1. The number of nitrogens with one attached hydrogen (secondary N) is 1. The number of benzene rings is 1. The molecule has 1 aromatic rings. The topological polar surface area (TPSA) is 41.6 Å². The van der Waals surface area contributed by atoms with Crippen molar-refractivity contribution in [1.82, 2.24) is 10.2 Å². The number of piperidine rings is 1. The largest absolute Gasteiger partial charge is 0.496 e. The summed E-state index contributed by atoms with van der Waals surface area (Å²) in [4.78, 5) is 14.4. The summed E-state index contributed by atoms with van der Waals surface area (Å²) in [6.45, 7) is 0. The van der Waals surface area contributed by atoms with Crippen LogP contribution in [0.3, 0.4) is 0 Å². The molecule has 0 saturated carbocycles. The highest BCUT2D eigenvalue weighted by atomic mass is 19.1. The van der Waals surface area contributed by atoms with Gasteiger partial charge in [-0.2, -0.15) is 0 Å². The summed E-state index contributed by atoms with van der Waals surface area (Å²) >= 11 is 0. The maximum Gasteiger partial charge on any atom is 0.257 e. The Kier molecular flexibility index (Phi) is 3.85. The standard InChI is InChI=1S/C16H21FN2O2/c1-19(13-8-11-4-5-12(9-13)18-11)16(20)14-7-10(17)3-6-15(14)21-2/h3,6-7,11-13,18H,4-5,8-9H2,1-2H3. The molecule has 2 saturated heterocycles. The number of ether oxygens (including phenoxy) is 1. The van der Waals surface area contributed by atoms with Crippen LogP contribution in [-0.2, 0) is 0 Å². The van der Waals surface area contributed by atoms with Crippen molar-refractivity contribution in [3.8, 4) is 5.75 Å². The molecule has 0 aromatic heterocycles. The predicted molar refractivity (Wildman–Crippen MR) is 78.0 cm³/mol. The Bertz CT molecular complexity index is 537. The highest BCUT2D eigenvalue weighted by Crippen LogP contribution is 2.31. The van der Waals surface area contributed by atoms with E-state index in [2.05, 4.69) is 5.32 Å². The Morgan fingerprint density at radius 1 is 1.33 bits per heavy atom. The molecule has 2 heterocycles. The summed E-state index contributed by atoms with van der Waals surface area (Å²) in [7, 11) is 3.30. The van der Waals surface area contributed by atoms with Crippen molar-refractivity contribution in [2.75, 3.05) is 14.2 Å². The Morgan fingerprint density at radius 2 is 2.00 bits per heavy atom. The number of methoxy groups -OCH3 is 1. The smallest absolute Gasteiger partial charge is 0.257 e. The zero-order valence-electron chi connectivity index (χ0n) is 12.4. The SMILES string of the molecule is COc1ccc(F)cc1C(=O)N(C)C1CC2CCC(C1)N2. The third kappa shape index (κ3) is 2.75. The molecule has 2 aliphatic heterocycles. The first kappa shape index (κ1) is 14.3. The lowest BCUT2D eigenvalue weighted by atomic mass is 9.98. The molecule has 1 aromatic carbocycles. The van der Waals surface area contributed by atoms with Gasteiger partial charge in [0.2, 0.25) is 0 Å². The Morgan fingerprint density at radius 3 is 2.62 bits per heavy atom. The Labute approximate surface area is 124 Å². The van der Waals surface area contributed by atoms with Gasteiger partial charge in [0, 0.05) is 25.2 Å². The molecule has 2 atom stereocenters. The van der Waals surface area contributed by atoms with E-state index in [-0.39, 0.29) is 11.9 Å². The van der Waals surface area contributed by atoms with Crippen molar-refractivity contribution in [2.45, 2.75) is 43.8 Å². The van der Waals surface area contributed by atoms with Crippen LogP contribution >= 0.6 is 0 Å². The molecule has 0 radical (unpaired) electrons. The molecule has 1 amide bonds. The van der Waals surface area contributed by atoms with E-state index in [4.69, 9.17) is 4.74 Å². The first-order chi connectivity index (χ1) is 10.1. The fourth-order valence-electron chi connectivity index (χ4n) is 3.55. The van der Waals surface area contributed by atoms with E-state index in [9.17, 15) is 9.18 Å². The van der Waals surface area contributed by atoms with Gasteiger partial charge in [0.05, 0.1) is 12.7 Å². The van der Waals surface area contributed by atoms with Crippen LogP contribution in [0.15, 0.2) is 18.2 Å². The number of hydrogen-bond donors (Lipinski definition) is 1. The normalized spacial score (nSPS) is 27.5. The van der Waals surface area contributed by atoms with Gasteiger partial charge in [-0.05, 0) is 43.9 Å². The third-order valence-corrected chi connectivity index (χ3v) is 4.71. The summed E-state index contributed by atoms with van der Waals surface area (Å²) < 4.78 is 18.6. The average Bonchev–Trinajstić information content (AvgIpc) is 2.84. The summed E-state index contributed by atoms with van der Waals surface area (Å²) in [5.74, 6) is -0.166. The number of carbonyl (C=O) groups excluding carboxylic acids is 1. The van der Waals surface area contributed by atoms with E-state index in [1.54, 1.807) is 4.90 Å². The van der Waals surface area contributed by atoms with Crippen molar-refractivity contribution in [1.29, 1.82) is 0 Å². The number of carbonyl (C=O) groups is 1. The lowest BCUT2D eigenvalue weighted by molar-refractivity contribution is 0.0678. The van der Waals surface area contributed by atoms with E-state index in [1.807, 2.05) is 7.05 Å². The van der Waals surface area contributed by atoms with Crippen LogP contribution in [0.25, 0.3) is 0 Å². The second-order valence-corrected chi connectivity index (χ2v) is 6.02. The van der Waals surface area contributed by atoms with Crippen LogP contribution in [0.2, 0.25) is 0 Å². The molecular formula is C16H21FN2O2. The number of halogens is 1. The number of fused-ring (bicyclic) bond motifs is 2. The van der Waals surface area contributed by atoms with Gasteiger partial charge in [-0.15, -0.1) is 0 Å². The van der Waals surface area contributed by atoms with Crippen LogP contribution in [0.4, 0.5) is 4.39 Å². The molecule has 4 nitrogen and oxygen atoms in total. The quantitative estimate of drug-likeness (QED) is 0.928. The molecular weight excluding hydrogens is 271 g/mol. The second-order valence-electron chi connectivity index (χ2n) is 6.02. The number of rotatable bonds is 3. The summed E-state index contributed by atoms with van der Waals surface area (Å²) in [5, 5.41) is 3.56. The minimum absolute atomic E-state index is 0.169. The van der Waals surface area contributed by atoms with Crippen LogP contribution in [0.5, 0.6) is 5.75 Å². The van der Waals surface area contributed by atoms with E-state index in [1.165, 1.54) is 38.2 Å². The van der Waals surface area contributed by atoms with Crippen molar-refractivity contribution in [2.24, 2.45) is 0 Å². The highest BCUT2D eigenvalue weighted by Gasteiger charge is 2.36. The lowest BCUT2D eigenvalue weighted by Crippen LogP contribution is -2.48. The molecule has 5 heteroatoms. The fourth-order valence-corrected chi connectivity index (χ4v) is 3.55. The highest BCUT2D eigenvalue weighted by molar-refractivity contribution is 5.97. The first-order valence-corrected chi connectivity index (χ1v) is 7.45. The minimum Gasteiger partial charge on any atom is -0.496 e. The van der Waals surface area contributed by atoms with Gasteiger partial charge < -0.3 is 15.0 Å². The average molecular weight is 292 g/mol. The van der Waals surface area contributed by atoms with Crippen molar-refractivity contribution in [3.63, 3.8) is 0 Å². The van der Waals surface area contributed by atoms with E-state index >= 15 is 0 Å². The van der Waals surface area contributed by atoms with Crippen molar-refractivity contribution < 1.29 is 13.9 Å². The molecule has 2 aliphatic rings. The molecule has 2 fully saturated rings. The predicted octanol–water partition coefficient (Wildman–Crippen LogP) is 2.19. The van der Waals surface area contributed by atoms with Crippen LogP contribution in [0, 0.1) is 5.82 Å². The minimum atomic E-state index is -0.419. The zero-order valence-corrected chi connectivity index (χ0v) is 12.4. The number of nitrogens with zero attached hydrogens (tertiary/aromatic N) is 1. The maximum absolute atomic E-state index is 13.4. The molecule has 1 N–H and O–H groups in total. The Balaban J connectivity index is 1.80. The summed E-state index contributed by atoms with van der Waals surface area (Å²) in [6.07, 6.45) is 4.31. The first-order valence-electron chi connectivity index (χ1n) is 7.45. The lowest BCUT2D eigenvalue weighted by Gasteiger charge is -2.35. The van der Waals surface area contributed by atoms with Crippen LogP contribution in [-0.4, -0.2) is 43.1 Å². The van der Waals surface area contributed by atoms with Gasteiger partial charge in [0.25, 0.3) is 5.91 Å². The van der Waals surface area contributed by atoms with Crippen molar-refractivity contribution in [3.05, 3.63) is 29.6 Å². The van der Waals surface area contributed by atoms with Gasteiger partial charge in [-0.25, -0.2) is 4.39 Å². The van der Waals surface area contributed by atoms with Gasteiger partial charge >= 0.3 is 0 Å². The third-order valence-electron chi connectivity index (χ3n) is 4.71.